The fraction of sp³-hybridized carbons (Fsp3) is 0.469. The van der Waals surface area contributed by atoms with Gasteiger partial charge in [-0.1, -0.05) is 12.8 Å². The summed E-state index contributed by atoms with van der Waals surface area (Å²) in [6, 6.07) is 4.77. The zero-order valence-electron chi connectivity index (χ0n) is 27.6. The highest BCUT2D eigenvalue weighted by atomic mass is 16.5. The minimum atomic E-state index is -0.407. The molecule has 3 aromatic heterocycles. The molecular formula is C32H46N8O6. The molecule has 0 aromatic carbocycles. The summed E-state index contributed by atoms with van der Waals surface area (Å²) in [5.41, 5.74) is 2.44. The molecule has 4 N–H and O–H groups in total. The number of hydrogen-bond donors (Lipinski definition) is 4. The van der Waals surface area contributed by atoms with Crippen molar-refractivity contribution in [2.45, 2.75) is 44.9 Å². The number of carbonyl (C=O) groups is 5. The summed E-state index contributed by atoms with van der Waals surface area (Å²) in [6.07, 6.45) is 9.56. The number of unbranched alkanes of at least 4 members (excludes halogenated alkanes) is 3. The van der Waals surface area contributed by atoms with Crippen LogP contribution in [-0.4, -0.2) is 82.5 Å². The lowest BCUT2D eigenvalue weighted by Crippen LogP contribution is -2.28. The second-order valence-electron chi connectivity index (χ2n) is 11.5. The number of ether oxygens (including phenoxy) is 1. The van der Waals surface area contributed by atoms with E-state index in [2.05, 4.69) is 26.0 Å². The molecular weight excluding hydrogens is 592 g/mol. The summed E-state index contributed by atoms with van der Waals surface area (Å²) in [5, 5.41) is 11.3. The largest absolute Gasteiger partial charge is 0.469 e. The average Bonchev–Trinajstić information content (AvgIpc) is 3.67. The molecule has 3 rings (SSSR count). The average molecular weight is 639 g/mol. The first-order valence-electron chi connectivity index (χ1n) is 15.3. The number of hydrogen-bond acceptors (Lipinski definition) is 7. The topological polar surface area (TPSA) is 161 Å². The van der Waals surface area contributed by atoms with E-state index < -0.39 is 11.8 Å². The number of nitrogens with one attached hydrogen (secondary N) is 4. The summed E-state index contributed by atoms with van der Waals surface area (Å²) >= 11 is 0. The quantitative estimate of drug-likeness (QED) is 0.130. The maximum Gasteiger partial charge on any atom is 0.305 e. The number of carbonyl (C=O) groups excluding carboxylic acids is 5. The first-order chi connectivity index (χ1) is 21.9. The van der Waals surface area contributed by atoms with Gasteiger partial charge in [0.2, 0.25) is 5.91 Å². The van der Waals surface area contributed by atoms with Gasteiger partial charge in [-0.2, -0.15) is 0 Å². The highest BCUT2D eigenvalue weighted by Crippen LogP contribution is 2.20. The van der Waals surface area contributed by atoms with Crippen molar-refractivity contribution >= 4 is 46.7 Å². The van der Waals surface area contributed by atoms with Gasteiger partial charge in [0.15, 0.2) is 0 Å². The lowest BCUT2D eigenvalue weighted by atomic mass is 10.1. The Hall–Kier alpha value is -4.85. The van der Waals surface area contributed by atoms with Gasteiger partial charge in [-0.3, -0.25) is 24.0 Å². The van der Waals surface area contributed by atoms with Gasteiger partial charge in [0.1, 0.15) is 17.1 Å². The summed E-state index contributed by atoms with van der Waals surface area (Å²) < 4.78 is 9.48. The summed E-state index contributed by atoms with van der Waals surface area (Å²) in [6.45, 7) is 1.41. The molecule has 0 saturated carbocycles. The number of aromatic nitrogens is 3. The number of methoxy groups -OCH3 is 1. The molecule has 46 heavy (non-hydrogen) atoms. The van der Waals surface area contributed by atoms with Crippen molar-refractivity contribution in [3.63, 3.8) is 0 Å². The Morgan fingerprint density at radius 2 is 1.11 bits per heavy atom. The Morgan fingerprint density at radius 1 is 0.652 bits per heavy atom. The van der Waals surface area contributed by atoms with Crippen LogP contribution in [0.2, 0.25) is 0 Å². The third-order valence-corrected chi connectivity index (χ3v) is 7.34. The smallest absolute Gasteiger partial charge is 0.305 e. The second kappa shape index (κ2) is 17.0. The van der Waals surface area contributed by atoms with Gasteiger partial charge < -0.3 is 44.6 Å². The normalized spacial score (nSPS) is 10.9. The van der Waals surface area contributed by atoms with Gasteiger partial charge in [0.05, 0.1) is 24.2 Å². The van der Waals surface area contributed by atoms with Gasteiger partial charge in [-0.15, -0.1) is 0 Å². The van der Waals surface area contributed by atoms with Crippen molar-refractivity contribution in [3.8, 4) is 0 Å². The van der Waals surface area contributed by atoms with Gasteiger partial charge in [0, 0.05) is 59.1 Å². The van der Waals surface area contributed by atoms with Gasteiger partial charge in [0.25, 0.3) is 17.7 Å². The molecule has 0 saturated heterocycles. The van der Waals surface area contributed by atoms with Crippen LogP contribution in [0.1, 0.15) is 76.4 Å². The van der Waals surface area contributed by atoms with E-state index in [1.165, 1.54) is 7.11 Å². The molecule has 0 radical (unpaired) electrons. The van der Waals surface area contributed by atoms with Crippen molar-refractivity contribution in [2.24, 2.45) is 21.1 Å². The SMILES string of the molecule is COC(=O)CCCCCCC(=O)Nc1cc(C(=O)Nc2cc(C(=O)Nc3cc(C(=O)NCCCN(C)C)n(C)c3)n(C)c2)n(C)c1. The molecule has 14 nitrogen and oxygen atoms in total. The molecule has 14 heteroatoms. The molecule has 3 heterocycles. The van der Waals surface area contributed by atoms with Crippen LogP contribution >= 0.6 is 0 Å². The minimum Gasteiger partial charge on any atom is -0.469 e. The Balaban J connectivity index is 1.51. The zero-order valence-corrected chi connectivity index (χ0v) is 27.6. The first kappa shape index (κ1) is 35.6. The molecule has 0 atom stereocenters. The number of nitrogens with zero attached hydrogens (tertiary/aromatic N) is 4. The van der Waals surface area contributed by atoms with Crippen LogP contribution in [-0.2, 0) is 35.5 Å². The van der Waals surface area contributed by atoms with E-state index in [0.717, 1.165) is 32.2 Å². The number of esters is 1. The Bertz CT molecular complexity index is 1530. The number of aryl methyl sites for hydroxylation is 3. The fourth-order valence-corrected chi connectivity index (χ4v) is 4.89. The van der Waals surface area contributed by atoms with E-state index in [1.807, 2.05) is 19.0 Å². The lowest BCUT2D eigenvalue weighted by Gasteiger charge is -2.10. The summed E-state index contributed by atoms with van der Waals surface area (Å²) in [4.78, 5) is 64.3. The van der Waals surface area contributed by atoms with Crippen molar-refractivity contribution < 1.29 is 28.7 Å². The van der Waals surface area contributed by atoms with E-state index in [9.17, 15) is 24.0 Å². The van der Waals surface area contributed by atoms with Crippen LogP contribution in [0.5, 0.6) is 0 Å². The van der Waals surface area contributed by atoms with Crippen LogP contribution in [0.3, 0.4) is 0 Å². The van der Waals surface area contributed by atoms with E-state index in [0.29, 0.717) is 60.0 Å². The first-order valence-corrected chi connectivity index (χ1v) is 15.3. The van der Waals surface area contributed by atoms with E-state index in [1.54, 1.807) is 71.6 Å². The van der Waals surface area contributed by atoms with Crippen LogP contribution in [0.25, 0.3) is 0 Å². The molecule has 0 fully saturated rings. The zero-order chi connectivity index (χ0) is 33.8. The highest BCUT2D eigenvalue weighted by molar-refractivity contribution is 6.07. The number of anilines is 3. The summed E-state index contributed by atoms with van der Waals surface area (Å²) in [7, 11) is 10.4. The molecule has 250 valence electrons. The van der Waals surface area contributed by atoms with E-state index >= 15 is 0 Å². The fourth-order valence-electron chi connectivity index (χ4n) is 4.89. The molecule has 0 bridgehead atoms. The van der Waals surface area contributed by atoms with Crippen molar-refractivity contribution in [3.05, 3.63) is 53.9 Å². The Morgan fingerprint density at radius 3 is 1.59 bits per heavy atom. The van der Waals surface area contributed by atoms with Crippen LogP contribution in [0.4, 0.5) is 17.1 Å². The third-order valence-electron chi connectivity index (χ3n) is 7.34. The highest BCUT2D eigenvalue weighted by Gasteiger charge is 2.19. The van der Waals surface area contributed by atoms with Crippen LogP contribution in [0, 0.1) is 0 Å². The molecule has 0 aliphatic heterocycles. The maximum absolute atomic E-state index is 13.1. The van der Waals surface area contributed by atoms with Crippen molar-refractivity contribution in [1.29, 1.82) is 0 Å². The molecule has 0 spiro atoms. The summed E-state index contributed by atoms with van der Waals surface area (Å²) in [5.74, 6) is -1.42. The third kappa shape index (κ3) is 10.6. The number of amides is 4. The Labute approximate surface area is 269 Å². The molecule has 3 aromatic rings. The standard InChI is InChI=1S/C32H46N8O6/c1-37(2)15-11-14-33-30(43)25-17-23(20-38(25)3)35-32(45)27-18-24(21-40(27)5)36-31(44)26-16-22(19-39(26)4)34-28(41)12-9-7-8-10-13-29(42)46-6/h16-21H,7-15H2,1-6H3,(H,33,43)(H,34,41)(H,35,45)(H,36,44). The number of rotatable bonds is 17. The second-order valence-corrected chi connectivity index (χ2v) is 11.5. The Kier molecular flexibility index (Phi) is 13.2. The van der Waals surface area contributed by atoms with Gasteiger partial charge in [-0.25, -0.2) is 0 Å². The predicted molar refractivity (Wildman–Crippen MR) is 176 cm³/mol. The molecule has 4 amide bonds. The van der Waals surface area contributed by atoms with Crippen molar-refractivity contribution in [1.82, 2.24) is 23.9 Å². The molecule has 0 aliphatic carbocycles. The monoisotopic (exact) mass is 638 g/mol. The minimum absolute atomic E-state index is 0.157. The maximum atomic E-state index is 13.1. The van der Waals surface area contributed by atoms with E-state index in [-0.39, 0.29) is 17.8 Å². The van der Waals surface area contributed by atoms with Crippen LogP contribution < -0.4 is 21.3 Å². The van der Waals surface area contributed by atoms with Gasteiger partial charge >= 0.3 is 5.97 Å². The lowest BCUT2D eigenvalue weighted by molar-refractivity contribution is -0.140. The molecule has 0 unspecified atom stereocenters. The van der Waals surface area contributed by atoms with E-state index in [4.69, 9.17) is 0 Å². The predicted octanol–water partition coefficient (Wildman–Crippen LogP) is 3.34. The molecule has 0 aliphatic rings. The van der Waals surface area contributed by atoms with Crippen molar-refractivity contribution in [2.75, 3.05) is 50.2 Å². The van der Waals surface area contributed by atoms with Crippen LogP contribution in [0.15, 0.2) is 36.8 Å². The van der Waals surface area contributed by atoms with Gasteiger partial charge in [-0.05, 0) is 58.1 Å².